The first kappa shape index (κ1) is 15.2. The Morgan fingerprint density at radius 2 is 1.83 bits per heavy atom. The van der Waals surface area contributed by atoms with Crippen molar-refractivity contribution in [1.29, 1.82) is 0 Å². The minimum absolute atomic E-state index is 0.556. The summed E-state index contributed by atoms with van der Waals surface area (Å²) in [5.74, 6) is 0.771. The Morgan fingerprint density at radius 3 is 2.28 bits per heavy atom. The molecule has 0 aliphatic heterocycles. The molecule has 1 aromatic heterocycles. The first-order valence-corrected chi connectivity index (χ1v) is 7.30. The molecule has 2 heteroatoms. The van der Waals surface area contributed by atoms with Crippen molar-refractivity contribution in [2.75, 3.05) is 7.05 Å². The van der Waals surface area contributed by atoms with E-state index in [2.05, 4.69) is 50.3 Å². The summed E-state index contributed by atoms with van der Waals surface area (Å²) in [6, 6.07) is 4.87. The van der Waals surface area contributed by atoms with Gasteiger partial charge in [-0.25, -0.2) is 0 Å². The van der Waals surface area contributed by atoms with Crippen molar-refractivity contribution >= 4 is 0 Å². The summed E-state index contributed by atoms with van der Waals surface area (Å²) in [6.45, 7) is 6.64. The van der Waals surface area contributed by atoms with Crippen molar-refractivity contribution in [3.05, 3.63) is 29.6 Å². The van der Waals surface area contributed by atoms with E-state index >= 15 is 0 Å². The lowest BCUT2D eigenvalue weighted by atomic mass is 9.87. The number of likely N-dealkylation sites (N-methyl/N-ethyl adjacent to an activating group) is 1. The minimum atomic E-state index is 0.556. The van der Waals surface area contributed by atoms with Gasteiger partial charge in [-0.05, 0) is 44.4 Å². The molecule has 1 unspecified atom stereocenters. The third kappa shape index (κ3) is 4.77. The van der Waals surface area contributed by atoms with Crippen LogP contribution in [0, 0.1) is 12.8 Å². The number of aryl methyl sites for hydroxylation is 1. The summed E-state index contributed by atoms with van der Waals surface area (Å²) in [4.78, 5) is 4.53. The van der Waals surface area contributed by atoms with Gasteiger partial charge in [0.15, 0.2) is 0 Å². The summed E-state index contributed by atoms with van der Waals surface area (Å²) >= 11 is 0. The predicted molar refractivity (Wildman–Crippen MR) is 78.8 cm³/mol. The van der Waals surface area contributed by atoms with Gasteiger partial charge in [0.1, 0.15) is 0 Å². The maximum atomic E-state index is 4.53. The molecule has 1 N–H and O–H groups in total. The fraction of sp³-hybridized carbons (Fsp3) is 0.688. The number of pyridine rings is 1. The van der Waals surface area contributed by atoms with Gasteiger partial charge >= 0.3 is 0 Å². The number of aromatic nitrogens is 1. The van der Waals surface area contributed by atoms with Crippen LogP contribution in [-0.4, -0.2) is 18.1 Å². The van der Waals surface area contributed by atoms with Crippen LogP contribution in [-0.2, 0) is 6.42 Å². The largest absolute Gasteiger partial charge is 0.316 e. The maximum absolute atomic E-state index is 4.53. The Kier molecular flexibility index (Phi) is 6.96. The van der Waals surface area contributed by atoms with Crippen molar-refractivity contribution in [1.82, 2.24) is 10.3 Å². The SMILES string of the molecule is CCCC(CCC)C(Cc1ccc(C)cn1)NC. The molecule has 0 saturated carbocycles. The van der Waals surface area contributed by atoms with Crippen LogP contribution >= 0.6 is 0 Å². The Morgan fingerprint density at radius 1 is 1.17 bits per heavy atom. The molecule has 0 aliphatic rings. The van der Waals surface area contributed by atoms with Gasteiger partial charge in [0.2, 0.25) is 0 Å². The lowest BCUT2D eigenvalue weighted by Crippen LogP contribution is -2.35. The standard InChI is InChI=1S/C16H28N2/c1-5-7-14(8-6-2)16(17-4)11-15-10-9-13(3)12-18-15/h9-10,12,14,16-17H,5-8,11H2,1-4H3. The van der Waals surface area contributed by atoms with Crippen LogP contribution in [0.2, 0.25) is 0 Å². The molecule has 1 rings (SSSR count). The van der Waals surface area contributed by atoms with Crippen molar-refractivity contribution in [3.8, 4) is 0 Å². The zero-order valence-corrected chi connectivity index (χ0v) is 12.4. The highest BCUT2D eigenvalue weighted by molar-refractivity contribution is 5.13. The molecule has 1 atom stereocenters. The third-order valence-electron chi connectivity index (χ3n) is 3.66. The quantitative estimate of drug-likeness (QED) is 0.758. The summed E-state index contributed by atoms with van der Waals surface area (Å²) in [6.07, 6.45) is 8.17. The van der Waals surface area contributed by atoms with Crippen molar-refractivity contribution in [3.63, 3.8) is 0 Å². The summed E-state index contributed by atoms with van der Waals surface area (Å²) in [5.41, 5.74) is 2.44. The molecule has 1 aromatic rings. The number of nitrogens with one attached hydrogen (secondary N) is 1. The lowest BCUT2D eigenvalue weighted by molar-refractivity contribution is 0.321. The van der Waals surface area contributed by atoms with E-state index in [-0.39, 0.29) is 0 Å². The molecule has 0 spiro atoms. The molecule has 0 aliphatic carbocycles. The highest BCUT2D eigenvalue weighted by Crippen LogP contribution is 2.20. The Bertz CT molecular complexity index is 312. The van der Waals surface area contributed by atoms with Gasteiger partial charge < -0.3 is 5.32 Å². The van der Waals surface area contributed by atoms with Crippen LogP contribution in [0.25, 0.3) is 0 Å². The van der Waals surface area contributed by atoms with Crippen LogP contribution < -0.4 is 5.32 Å². The molecule has 0 bridgehead atoms. The molecule has 0 saturated heterocycles. The van der Waals surface area contributed by atoms with Gasteiger partial charge in [0.05, 0.1) is 0 Å². The van der Waals surface area contributed by atoms with Crippen molar-refractivity contribution in [2.24, 2.45) is 5.92 Å². The number of hydrogen-bond donors (Lipinski definition) is 1. The molecule has 0 fully saturated rings. The van der Waals surface area contributed by atoms with Crippen LogP contribution in [0.5, 0.6) is 0 Å². The van der Waals surface area contributed by atoms with E-state index in [0.29, 0.717) is 6.04 Å². The second kappa shape index (κ2) is 8.25. The highest BCUT2D eigenvalue weighted by Gasteiger charge is 2.19. The number of nitrogens with zero attached hydrogens (tertiary/aromatic N) is 1. The zero-order valence-electron chi connectivity index (χ0n) is 12.4. The van der Waals surface area contributed by atoms with Crippen LogP contribution in [0.3, 0.4) is 0 Å². The Balaban J connectivity index is 2.66. The van der Waals surface area contributed by atoms with Crippen LogP contribution in [0.15, 0.2) is 18.3 Å². The highest BCUT2D eigenvalue weighted by atomic mass is 14.9. The maximum Gasteiger partial charge on any atom is 0.0419 e. The molecule has 0 amide bonds. The fourth-order valence-electron chi connectivity index (χ4n) is 2.64. The normalized spacial score (nSPS) is 12.9. The second-order valence-corrected chi connectivity index (χ2v) is 5.26. The summed E-state index contributed by atoms with van der Waals surface area (Å²) in [5, 5.41) is 3.49. The summed E-state index contributed by atoms with van der Waals surface area (Å²) < 4.78 is 0. The Hall–Kier alpha value is -0.890. The van der Waals surface area contributed by atoms with Crippen molar-refractivity contribution in [2.45, 2.75) is 58.9 Å². The first-order chi connectivity index (χ1) is 8.71. The van der Waals surface area contributed by atoms with Gasteiger partial charge in [0, 0.05) is 24.4 Å². The molecular weight excluding hydrogens is 220 g/mol. The first-order valence-electron chi connectivity index (χ1n) is 7.30. The number of hydrogen-bond acceptors (Lipinski definition) is 2. The van der Waals surface area contributed by atoms with Gasteiger partial charge in [0.25, 0.3) is 0 Å². The number of rotatable bonds is 8. The van der Waals surface area contributed by atoms with Gasteiger partial charge in [-0.3, -0.25) is 4.98 Å². The third-order valence-corrected chi connectivity index (χ3v) is 3.66. The molecule has 0 aromatic carbocycles. The van der Waals surface area contributed by atoms with E-state index in [1.54, 1.807) is 0 Å². The predicted octanol–water partition coefficient (Wildman–Crippen LogP) is 3.74. The fourth-order valence-corrected chi connectivity index (χ4v) is 2.64. The average molecular weight is 248 g/mol. The smallest absolute Gasteiger partial charge is 0.0419 e. The van der Waals surface area contributed by atoms with Gasteiger partial charge in [-0.15, -0.1) is 0 Å². The van der Waals surface area contributed by atoms with E-state index in [1.807, 2.05) is 6.20 Å². The van der Waals surface area contributed by atoms with Crippen molar-refractivity contribution < 1.29 is 0 Å². The topological polar surface area (TPSA) is 24.9 Å². The van der Waals surface area contributed by atoms with E-state index in [1.165, 1.54) is 36.9 Å². The molecule has 18 heavy (non-hydrogen) atoms. The molecule has 2 nitrogen and oxygen atoms in total. The van der Waals surface area contributed by atoms with Gasteiger partial charge in [-0.2, -0.15) is 0 Å². The molecule has 1 heterocycles. The van der Waals surface area contributed by atoms with E-state index < -0.39 is 0 Å². The van der Waals surface area contributed by atoms with E-state index in [4.69, 9.17) is 0 Å². The van der Waals surface area contributed by atoms with E-state index in [0.717, 1.165) is 12.3 Å². The average Bonchev–Trinajstić information content (AvgIpc) is 2.38. The lowest BCUT2D eigenvalue weighted by Gasteiger charge is -2.26. The summed E-state index contributed by atoms with van der Waals surface area (Å²) in [7, 11) is 2.08. The zero-order chi connectivity index (χ0) is 13.4. The van der Waals surface area contributed by atoms with Gasteiger partial charge in [-0.1, -0.05) is 32.8 Å². The molecular formula is C16H28N2. The van der Waals surface area contributed by atoms with Crippen LogP contribution in [0.1, 0.15) is 50.8 Å². The van der Waals surface area contributed by atoms with Crippen LogP contribution in [0.4, 0.5) is 0 Å². The monoisotopic (exact) mass is 248 g/mol. The van der Waals surface area contributed by atoms with E-state index in [9.17, 15) is 0 Å². The Labute approximate surface area is 112 Å². The minimum Gasteiger partial charge on any atom is -0.316 e. The second-order valence-electron chi connectivity index (χ2n) is 5.26. The molecule has 102 valence electrons. The molecule has 0 radical (unpaired) electrons.